The van der Waals surface area contributed by atoms with Crippen molar-refractivity contribution in [2.75, 3.05) is 27.3 Å². The van der Waals surface area contributed by atoms with E-state index in [1.807, 2.05) is 0 Å². The Morgan fingerprint density at radius 3 is 1.26 bits per heavy atom. The summed E-state index contributed by atoms with van der Waals surface area (Å²) in [5, 5.41) is 4.29. The third kappa shape index (κ3) is 8.39. The number of amides is 2. The Kier molecular flexibility index (Phi) is 11.3. The lowest BCUT2D eigenvalue weighted by atomic mass is 9.73. The molecule has 2 aliphatic rings. The number of hydroxylamine groups is 4. The average molecular weight is 539 g/mol. The second kappa shape index (κ2) is 13.0. The van der Waals surface area contributed by atoms with Gasteiger partial charge >= 0.3 is 11.8 Å². The number of primary amides is 1. The van der Waals surface area contributed by atoms with Crippen molar-refractivity contribution in [3.8, 4) is 0 Å². The standard InChI is InChI=1S/C30H58N4O4/c1-27(2)19-23(20-28(3,4)33(27)37-9)15-11-13-17-32(26(36)25(31)35)18-14-12-16-24-21-29(5,6)34(38-10)30(7,8)22-24/h23-24H,11-22H2,1-10H3,(H2,31,35). The molecule has 0 aromatic carbocycles. The van der Waals surface area contributed by atoms with Gasteiger partial charge in [0.15, 0.2) is 0 Å². The minimum Gasteiger partial charge on any atom is -0.361 e. The van der Waals surface area contributed by atoms with Gasteiger partial charge in [0.05, 0.1) is 14.2 Å². The van der Waals surface area contributed by atoms with Crippen LogP contribution < -0.4 is 5.73 Å². The van der Waals surface area contributed by atoms with Crippen LogP contribution in [0.25, 0.3) is 0 Å². The highest BCUT2D eigenvalue weighted by atomic mass is 16.7. The number of piperidine rings is 2. The molecule has 0 radical (unpaired) electrons. The SMILES string of the molecule is CON1C(C)(C)CC(CCCCN(CCCCC2CC(C)(C)N(OC)C(C)(C)C2)C(=O)C(N)=O)CC1(C)C. The van der Waals surface area contributed by atoms with Crippen molar-refractivity contribution in [2.45, 2.75) is 142 Å². The third-order valence-electron chi connectivity index (χ3n) is 8.80. The summed E-state index contributed by atoms with van der Waals surface area (Å²) in [7, 11) is 3.53. The molecule has 2 heterocycles. The normalized spacial score (nSPS) is 23.8. The first-order valence-electron chi connectivity index (χ1n) is 14.7. The van der Waals surface area contributed by atoms with E-state index < -0.39 is 11.8 Å². The van der Waals surface area contributed by atoms with E-state index in [-0.39, 0.29) is 22.2 Å². The van der Waals surface area contributed by atoms with Gasteiger partial charge in [-0.15, -0.1) is 0 Å². The molecule has 0 aromatic rings. The van der Waals surface area contributed by atoms with Gasteiger partial charge in [-0.05, 0) is 106 Å². The van der Waals surface area contributed by atoms with E-state index in [9.17, 15) is 9.59 Å². The lowest BCUT2D eigenvalue weighted by molar-refractivity contribution is -0.272. The molecule has 2 N–H and O–H groups in total. The molecular weight excluding hydrogens is 480 g/mol. The van der Waals surface area contributed by atoms with Crippen molar-refractivity contribution in [1.82, 2.24) is 15.0 Å². The average Bonchev–Trinajstić information content (AvgIpc) is 2.74. The number of carbonyl (C=O) groups excluding carboxylic acids is 2. The van der Waals surface area contributed by atoms with Gasteiger partial charge in [-0.2, -0.15) is 10.1 Å². The topological polar surface area (TPSA) is 88.3 Å². The highest BCUT2D eigenvalue weighted by Crippen LogP contribution is 2.44. The highest BCUT2D eigenvalue weighted by Gasteiger charge is 2.46. The summed E-state index contributed by atoms with van der Waals surface area (Å²) in [6, 6.07) is 0. The summed E-state index contributed by atoms with van der Waals surface area (Å²) >= 11 is 0. The van der Waals surface area contributed by atoms with E-state index >= 15 is 0 Å². The third-order valence-corrected chi connectivity index (χ3v) is 8.80. The van der Waals surface area contributed by atoms with Gasteiger partial charge in [0.25, 0.3) is 0 Å². The second-order valence-electron chi connectivity index (χ2n) is 14.4. The molecule has 2 rings (SSSR count). The number of carbonyl (C=O) groups is 2. The van der Waals surface area contributed by atoms with Gasteiger partial charge in [-0.1, -0.05) is 25.7 Å². The molecule has 0 bridgehead atoms. The van der Waals surface area contributed by atoms with Crippen LogP contribution in [-0.4, -0.2) is 76.3 Å². The van der Waals surface area contributed by atoms with Gasteiger partial charge in [-0.25, -0.2) is 0 Å². The van der Waals surface area contributed by atoms with Crippen molar-refractivity contribution in [1.29, 1.82) is 0 Å². The maximum Gasteiger partial charge on any atom is 0.311 e. The van der Waals surface area contributed by atoms with Crippen molar-refractivity contribution < 1.29 is 19.3 Å². The summed E-state index contributed by atoms with van der Waals surface area (Å²) in [6.45, 7) is 19.2. The fraction of sp³-hybridized carbons (Fsp3) is 0.933. The van der Waals surface area contributed by atoms with Crippen LogP contribution in [0.3, 0.4) is 0 Å². The van der Waals surface area contributed by atoms with Crippen molar-refractivity contribution in [3.05, 3.63) is 0 Å². The largest absolute Gasteiger partial charge is 0.361 e. The number of unbranched alkanes of at least 4 members (excludes halogenated alkanes) is 2. The quantitative estimate of drug-likeness (QED) is 0.268. The number of nitrogens with zero attached hydrogens (tertiary/aromatic N) is 3. The number of rotatable bonds is 12. The maximum atomic E-state index is 12.5. The van der Waals surface area contributed by atoms with Crippen LogP contribution in [0.2, 0.25) is 0 Å². The molecule has 0 aliphatic carbocycles. The van der Waals surface area contributed by atoms with Crippen LogP contribution in [0.15, 0.2) is 0 Å². The Balaban J connectivity index is 1.82. The summed E-state index contributed by atoms with van der Waals surface area (Å²) in [4.78, 5) is 37.4. The molecule has 0 spiro atoms. The van der Waals surface area contributed by atoms with E-state index in [1.54, 1.807) is 19.1 Å². The molecule has 0 atom stereocenters. The van der Waals surface area contributed by atoms with Crippen LogP contribution in [0, 0.1) is 11.8 Å². The minimum atomic E-state index is -0.851. The Morgan fingerprint density at radius 2 is 1.00 bits per heavy atom. The zero-order valence-electron chi connectivity index (χ0n) is 26.2. The molecule has 222 valence electrons. The lowest BCUT2D eigenvalue weighted by Crippen LogP contribution is -2.59. The van der Waals surface area contributed by atoms with Gasteiger partial charge in [-0.3, -0.25) is 9.59 Å². The van der Waals surface area contributed by atoms with E-state index in [0.717, 1.165) is 64.2 Å². The number of hydrogen-bond donors (Lipinski definition) is 1. The van der Waals surface area contributed by atoms with Crippen molar-refractivity contribution in [3.63, 3.8) is 0 Å². The highest BCUT2D eigenvalue weighted by molar-refractivity contribution is 6.34. The molecule has 8 nitrogen and oxygen atoms in total. The molecule has 0 unspecified atom stereocenters. The molecule has 2 saturated heterocycles. The maximum absolute atomic E-state index is 12.5. The molecular formula is C30H58N4O4. The van der Waals surface area contributed by atoms with E-state index in [4.69, 9.17) is 15.4 Å². The Bertz CT molecular complexity index is 707. The Morgan fingerprint density at radius 1 is 0.684 bits per heavy atom. The molecule has 38 heavy (non-hydrogen) atoms. The van der Waals surface area contributed by atoms with E-state index in [2.05, 4.69) is 65.5 Å². The van der Waals surface area contributed by atoms with Crippen LogP contribution in [0.4, 0.5) is 0 Å². The zero-order valence-corrected chi connectivity index (χ0v) is 26.2. The van der Waals surface area contributed by atoms with E-state index in [1.165, 1.54) is 0 Å². The van der Waals surface area contributed by atoms with Gasteiger partial charge in [0, 0.05) is 35.2 Å². The molecule has 8 heteroatoms. The van der Waals surface area contributed by atoms with Crippen LogP contribution in [0.5, 0.6) is 0 Å². The predicted molar refractivity (Wildman–Crippen MR) is 153 cm³/mol. The molecule has 2 fully saturated rings. The summed E-state index contributed by atoms with van der Waals surface area (Å²) < 4.78 is 0. The van der Waals surface area contributed by atoms with Gasteiger partial charge in [0.2, 0.25) is 0 Å². The number of hydrogen-bond acceptors (Lipinski definition) is 6. The smallest absolute Gasteiger partial charge is 0.311 e. The fourth-order valence-corrected chi connectivity index (χ4v) is 8.28. The van der Waals surface area contributed by atoms with Crippen LogP contribution in [-0.2, 0) is 19.3 Å². The van der Waals surface area contributed by atoms with Crippen LogP contribution >= 0.6 is 0 Å². The van der Waals surface area contributed by atoms with E-state index in [0.29, 0.717) is 24.9 Å². The van der Waals surface area contributed by atoms with Crippen molar-refractivity contribution in [2.24, 2.45) is 17.6 Å². The summed E-state index contributed by atoms with van der Waals surface area (Å²) in [5.41, 5.74) is 5.33. The second-order valence-corrected chi connectivity index (χ2v) is 14.4. The monoisotopic (exact) mass is 538 g/mol. The van der Waals surface area contributed by atoms with Crippen LogP contribution in [0.1, 0.15) is 120 Å². The van der Waals surface area contributed by atoms with Crippen molar-refractivity contribution >= 4 is 11.8 Å². The molecule has 0 saturated carbocycles. The van der Waals surface area contributed by atoms with Gasteiger partial charge in [0.1, 0.15) is 0 Å². The molecule has 2 amide bonds. The Labute approximate surface area is 232 Å². The summed E-state index contributed by atoms with van der Waals surface area (Å²) in [6.07, 6.45) is 10.4. The molecule has 2 aliphatic heterocycles. The summed E-state index contributed by atoms with van der Waals surface area (Å²) in [5.74, 6) is -0.165. The first-order valence-corrected chi connectivity index (χ1v) is 14.7. The van der Waals surface area contributed by atoms with Gasteiger partial charge < -0.3 is 20.3 Å². The molecule has 0 aromatic heterocycles. The lowest BCUT2D eigenvalue weighted by Gasteiger charge is -2.53. The predicted octanol–water partition coefficient (Wildman–Crippen LogP) is 5.30. The number of nitrogens with two attached hydrogens (primary N) is 1. The first kappa shape index (κ1) is 33.0. The minimum absolute atomic E-state index is 0.0141. The Hall–Kier alpha value is -1.22. The zero-order chi connectivity index (χ0) is 28.9. The fourth-order valence-electron chi connectivity index (χ4n) is 8.28. The first-order chi connectivity index (χ1) is 17.5.